The minimum Gasteiger partial charge on any atom is -0.425 e. The highest BCUT2D eigenvalue weighted by Crippen LogP contribution is 2.47. The molecule has 3 nitrogen and oxygen atoms in total. The van der Waals surface area contributed by atoms with Crippen LogP contribution in [0.5, 0.6) is 0 Å². The van der Waals surface area contributed by atoms with Gasteiger partial charge in [0.05, 0.1) is 5.69 Å². The Morgan fingerprint density at radius 2 is 2.15 bits per heavy atom. The molecule has 0 bridgehead atoms. The number of nitrogens with zero attached hydrogens (tertiary/aromatic N) is 1. The third kappa shape index (κ3) is 2.77. The Hall–Kier alpha value is -1.25. The molecular weight excluding hydrogens is 250 g/mol. The minimum absolute atomic E-state index is 0.304. The van der Waals surface area contributed by atoms with Gasteiger partial charge in [-0.2, -0.15) is 4.73 Å². The Bertz CT molecular complexity index is 534. The van der Waals surface area contributed by atoms with Crippen molar-refractivity contribution in [2.24, 2.45) is 17.3 Å². The van der Waals surface area contributed by atoms with E-state index in [1.54, 1.807) is 0 Å². The average Bonchev–Trinajstić information content (AvgIpc) is 2.38. The van der Waals surface area contributed by atoms with Gasteiger partial charge in [0.15, 0.2) is 0 Å². The zero-order valence-corrected chi connectivity index (χ0v) is 13.1. The monoisotopic (exact) mass is 277 g/mol. The first-order valence-electron chi connectivity index (χ1n) is 7.76. The van der Waals surface area contributed by atoms with Gasteiger partial charge in [-0.05, 0) is 48.6 Å². The Labute approximate surface area is 121 Å². The zero-order chi connectivity index (χ0) is 14.9. The summed E-state index contributed by atoms with van der Waals surface area (Å²) in [5, 5.41) is 9.92. The molecule has 1 fully saturated rings. The van der Waals surface area contributed by atoms with E-state index in [-0.39, 0.29) is 5.56 Å². The average molecular weight is 277 g/mol. The van der Waals surface area contributed by atoms with Crippen molar-refractivity contribution >= 4 is 0 Å². The van der Waals surface area contributed by atoms with Gasteiger partial charge in [0.1, 0.15) is 0 Å². The second-order valence-electron chi connectivity index (χ2n) is 6.93. The highest BCUT2D eigenvalue weighted by atomic mass is 16.5. The molecule has 3 unspecified atom stereocenters. The quantitative estimate of drug-likeness (QED) is 0.854. The summed E-state index contributed by atoms with van der Waals surface area (Å²) in [5.41, 5.74) is 1.64. The largest absolute Gasteiger partial charge is 0.425 e. The fourth-order valence-electron chi connectivity index (χ4n) is 3.72. The molecule has 0 aromatic carbocycles. The van der Waals surface area contributed by atoms with Crippen molar-refractivity contribution in [3.05, 3.63) is 33.7 Å². The smallest absolute Gasteiger partial charge is 0.283 e. The van der Waals surface area contributed by atoms with Gasteiger partial charge in [0.25, 0.3) is 5.56 Å². The van der Waals surface area contributed by atoms with Crippen LogP contribution in [0.1, 0.15) is 57.7 Å². The van der Waals surface area contributed by atoms with Gasteiger partial charge in [-0.3, -0.25) is 4.79 Å². The van der Waals surface area contributed by atoms with E-state index in [1.165, 1.54) is 31.7 Å². The molecule has 20 heavy (non-hydrogen) atoms. The molecule has 1 heterocycles. The second-order valence-corrected chi connectivity index (χ2v) is 6.93. The number of pyridine rings is 1. The molecule has 0 aliphatic heterocycles. The summed E-state index contributed by atoms with van der Waals surface area (Å²) < 4.78 is 0.820. The molecule has 3 heteroatoms. The van der Waals surface area contributed by atoms with Gasteiger partial charge in [-0.1, -0.05) is 40.0 Å². The molecule has 0 spiro atoms. The summed E-state index contributed by atoms with van der Waals surface area (Å²) in [7, 11) is 0. The lowest BCUT2D eigenvalue weighted by atomic mass is 9.61. The highest BCUT2D eigenvalue weighted by molar-refractivity contribution is 5.16. The van der Waals surface area contributed by atoms with Crippen molar-refractivity contribution in [2.75, 3.05) is 0 Å². The van der Waals surface area contributed by atoms with E-state index in [2.05, 4.69) is 20.8 Å². The molecular formula is C17H27NO2. The highest BCUT2D eigenvalue weighted by Gasteiger charge is 2.38. The first kappa shape index (κ1) is 15.1. The molecule has 1 N–H and O–H groups in total. The standard InChI is InChI=1S/C17H27NO2/c1-12-9-15(18(20)16(19)10-12)11-14(3)17(4)8-6-5-7-13(17)2/h9-10,13-14,20H,5-8,11H2,1-4H3. The number of hydrogen-bond donors (Lipinski definition) is 1. The third-order valence-corrected chi connectivity index (χ3v) is 5.60. The molecule has 1 aromatic heterocycles. The van der Waals surface area contributed by atoms with Gasteiger partial charge < -0.3 is 5.21 Å². The summed E-state index contributed by atoms with van der Waals surface area (Å²) in [6.07, 6.45) is 5.93. The van der Waals surface area contributed by atoms with Crippen LogP contribution in [0.25, 0.3) is 0 Å². The summed E-state index contributed by atoms with van der Waals surface area (Å²) in [6.45, 7) is 8.88. The molecule has 0 radical (unpaired) electrons. The van der Waals surface area contributed by atoms with E-state index >= 15 is 0 Å². The molecule has 1 aromatic rings. The van der Waals surface area contributed by atoms with E-state index < -0.39 is 0 Å². The van der Waals surface area contributed by atoms with Gasteiger partial charge in [-0.15, -0.1) is 0 Å². The number of aryl methyl sites for hydroxylation is 1. The molecule has 1 aliphatic carbocycles. The summed E-state index contributed by atoms with van der Waals surface area (Å²) in [6, 6.07) is 3.40. The maximum Gasteiger partial charge on any atom is 0.283 e. The number of rotatable bonds is 3. The van der Waals surface area contributed by atoms with E-state index in [0.29, 0.717) is 17.3 Å². The van der Waals surface area contributed by atoms with Crippen molar-refractivity contribution in [3.8, 4) is 0 Å². The summed E-state index contributed by atoms with van der Waals surface area (Å²) in [4.78, 5) is 11.7. The fraction of sp³-hybridized carbons (Fsp3) is 0.706. The molecule has 0 saturated heterocycles. The predicted octanol–water partition coefficient (Wildman–Crippen LogP) is 3.79. The molecule has 2 rings (SSSR count). The van der Waals surface area contributed by atoms with E-state index in [1.807, 2.05) is 13.0 Å². The van der Waals surface area contributed by atoms with Crippen molar-refractivity contribution in [2.45, 2.75) is 59.8 Å². The van der Waals surface area contributed by atoms with Crippen LogP contribution in [0, 0.1) is 24.2 Å². The van der Waals surface area contributed by atoms with Crippen LogP contribution in [-0.2, 0) is 6.42 Å². The van der Waals surface area contributed by atoms with E-state index in [9.17, 15) is 10.0 Å². The van der Waals surface area contributed by atoms with Crippen molar-refractivity contribution in [1.82, 2.24) is 4.73 Å². The van der Waals surface area contributed by atoms with Crippen LogP contribution in [-0.4, -0.2) is 9.94 Å². The van der Waals surface area contributed by atoms with E-state index in [4.69, 9.17) is 0 Å². The van der Waals surface area contributed by atoms with Crippen LogP contribution < -0.4 is 5.56 Å². The van der Waals surface area contributed by atoms with Crippen LogP contribution in [0.15, 0.2) is 16.9 Å². The molecule has 3 atom stereocenters. The maximum atomic E-state index is 11.7. The van der Waals surface area contributed by atoms with Crippen LogP contribution >= 0.6 is 0 Å². The summed E-state index contributed by atoms with van der Waals surface area (Å²) in [5.74, 6) is 1.16. The van der Waals surface area contributed by atoms with Crippen molar-refractivity contribution in [1.29, 1.82) is 0 Å². The van der Waals surface area contributed by atoms with Gasteiger partial charge in [0.2, 0.25) is 0 Å². The van der Waals surface area contributed by atoms with E-state index in [0.717, 1.165) is 22.4 Å². The first-order chi connectivity index (χ1) is 9.34. The normalized spacial score (nSPS) is 28.3. The van der Waals surface area contributed by atoms with Gasteiger partial charge in [0, 0.05) is 6.07 Å². The molecule has 1 aliphatic rings. The topological polar surface area (TPSA) is 42.2 Å². The Morgan fingerprint density at radius 3 is 2.80 bits per heavy atom. The van der Waals surface area contributed by atoms with Crippen molar-refractivity contribution < 1.29 is 5.21 Å². The van der Waals surface area contributed by atoms with Crippen molar-refractivity contribution in [3.63, 3.8) is 0 Å². The van der Waals surface area contributed by atoms with Gasteiger partial charge in [-0.25, -0.2) is 0 Å². The van der Waals surface area contributed by atoms with Gasteiger partial charge >= 0.3 is 0 Å². The molecule has 1 saturated carbocycles. The number of aromatic nitrogens is 1. The Balaban J connectivity index is 2.23. The first-order valence-corrected chi connectivity index (χ1v) is 7.76. The third-order valence-electron chi connectivity index (χ3n) is 5.60. The predicted molar refractivity (Wildman–Crippen MR) is 81.2 cm³/mol. The Morgan fingerprint density at radius 1 is 1.45 bits per heavy atom. The Kier molecular flexibility index (Phi) is 4.26. The summed E-state index contributed by atoms with van der Waals surface area (Å²) >= 11 is 0. The minimum atomic E-state index is -0.325. The lowest BCUT2D eigenvalue weighted by Gasteiger charge is -2.44. The maximum absolute atomic E-state index is 11.7. The fourth-order valence-corrected chi connectivity index (χ4v) is 3.72. The SMILES string of the molecule is Cc1cc(CC(C)C2(C)CCCCC2C)n(O)c(=O)c1. The lowest BCUT2D eigenvalue weighted by molar-refractivity contribution is 0.0580. The van der Waals surface area contributed by atoms with Crippen LogP contribution in [0.4, 0.5) is 0 Å². The number of hydrogen-bond acceptors (Lipinski definition) is 2. The molecule has 112 valence electrons. The van der Waals surface area contributed by atoms with Crippen LogP contribution in [0.3, 0.4) is 0 Å². The van der Waals surface area contributed by atoms with Crippen LogP contribution in [0.2, 0.25) is 0 Å². The molecule has 0 amide bonds. The zero-order valence-electron chi connectivity index (χ0n) is 13.1. The lowest BCUT2D eigenvalue weighted by Crippen LogP contribution is -2.37. The second kappa shape index (κ2) is 5.63.